The molecule has 0 unspecified atom stereocenters. The molecule has 29 heavy (non-hydrogen) atoms. The second-order valence-corrected chi connectivity index (χ2v) is 8.43. The summed E-state index contributed by atoms with van der Waals surface area (Å²) in [4.78, 5) is 27.9. The van der Waals surface area contributed by atoms with Gasteiger partial charge in [-0.05, 0) is 43.0 Å². The van der Waals surface area contributed by atoms with Crippen LogP contribution < -0.4 is 4.90 Å². The van der Waals surface area contributed by atoms with E-state index in [-0.39, 0.29) is 11.3 Å². The fourth-order valence-corrected chi connectivity index (χ4v) is 4.42. The summed E-state index contributed by atoms with van der Waals surface area (Å²) in [6.07, 6.45) is 6.45. The lowest BCUT2D eigenvalue weighted by Crippen LogP contribution is -2.50. The molecule has 0 atom stereocenters. The van der Waals surface area contributed by atoms with Gasteiger partial charge in [-0.15, -0.1) is 0 Å². The first-order valence-electron chi connectivity index (χ1n) is 10.7. The van der Waals surface area contributed by atoms with Gasteiger partial charge in [-0.1, -0.05) is 37.3 Å². The van der Waals surface area contributed by atoms with Crippen LogP contribution in [0.2, 0.25) is 0 Å². The number of hydrogen-bond acceptors (Lipinski definition) is 5. The van der Waals surface area contributed by atoms with Gasteiger partial charge in [0.2, 0.25) is 11.9 Å². The van der Waals surface area contributed by atoms with Crippen molar-refractivity contribution < 1.29 is 4.79 Å². The van der Waals surface area contributed by atoms with Crippen molar-refractivity contribution in [2.45, 2.75) is 31.6 Å². The molecule has 3 heterocycles. The molecule has 154 valence electrons. The quantitative estimate of drug-likeness (QED) is 0.782. The van der Waals surface area contributed by atoms with E-state index in [0.29, 0.717) is 6.42 Å². The number of carbonyl (C=O) groups is 1. The van der Waals surface area contributed by atoms with Gasteiger partial charge in [0.15, 0.2) is 0 Å². The zero-order valence-corrected chi connectivity index (χ0v) is 17.3. The largest absolute Gasteiger partial charge is 0.339 e. The Morgan fingerprint density at radius 1 is 0.931 bits per heavy atom. The number of hydrogen-bond donors (Lipinski definition) is 0. The normalized spacial score (nSPS) is 19.9. The highest BCUT2D eigenvalue weighted by molar-refractivity contribution is 5.76. The maximum atomic E-state index is 12.7. The number of amides is 1. The lowest BCUT2D eigenvalue weighted by Gasteiger charge is -2.40. The van der Waals surface area contributed by atoms with Crippen LogP contribution in [0.5, 0.6) is 0 Å². The number of rotatable bonds is 5. The summed E-state index contributed by atoms with van der Waals surface area (Å²) in [7, 11) is 0. The van der Waals surface area contributed by atoms with Crippen molar-refractivity contribution in [3.8, 4) is 0 Å². The van der Waals surface area contributed by atoms with Crippen LogP contribution in [-0.2, 0) is 10.2 Å². The van der Waals surface area contributed by atoms with Gasteiger partial charge in [0.1, 0.15) is 0 Å². The molecule has 6 heteroatoms. The minimum atomic E-state index is 0.262. The van der Waals surface area contributed by atoms with Gasteiger partial charge in [-0.3, -0.25) is 4.79 Å². The summed E-state index contributed by atoms with van der Waals surface area (Å²) in [5, 5.41) is 0. The van der Waals surface area contributed by atoms with Crippen molar-refractivity contribution in [2.24, 2.45) is 0 Å². The smallest absolute Gasteiger partial charge is 0.225 e. The van der Waals surface area contributed by atoms with Gasteiger partial charge in [0.25, 0.3) is 0 Å². The Hall–Kier alpha value is -2.47. The van der Waals surface area contributed by atoms with E-state index in [1.165, 1.54) is 5.56 Å². The van der Waals surface area contributed by atoms with Gasteiger partial charge in [0.05, 0.1) is 0 Å². The van der Waals surface area contributed by atoms with Crippen LogP contribution in [0.3, 0.4) is 0 Å². The molecular formula is C23H31N5O. The highest BCUT2D eigenvalue weighted by atomic mass is 16.2. The van der Waals surface area contributed by atoms with E-state index in [9.17, 15) is 4.79 Å². The lowest BCUT2D eigenvalue weighted by atomic mass is 9.74. The molecule has 0 spiro atoms. The molecule has 2 fully saturated rings. The zero-order valence-electron chi connectivity index (χ0n) is 17.3. The fourth-order valence-electron chi connectivity index (χ4n) is 4.42. The molecule has 0 bridgehead atoms. The van der Waals surface area contributed by atoms with Crippen LogP contribution in [0.1, 0.15) is 31.7 Å². The van der Waals surface area contributed by atoms with Crippen LogP contribution in [0.4, 0.5) is 5.95 Å². The third kappa shape index (κ3) is 4.75. The van der Waals surface area contributed by atoms with Crippen LogP contribution in [0, 0.1) is 0 Å². The van der Waals surface area contributed by atoms with Crippen LogP contribution in [0.15, 0.2) is 48.8 Å². The molecule has 1 amide bonds. The van der Waals surface area contributed by atoms with Crippen molar-refractivity contribution in [3.05, 3.63) is 54.4 Å². The number of nitrogens with zero attached hydrogens (tertiary/aromatic N) is 5. The van der Waals surface area contributed by atoms with E-state index in [1.54, 1.807) is 12.4 Å². The first-order valence-corrected chi connectivity index (χ1v) is 10.7. The summed E-state index contributed by atoms with van der Waals surface area (Å²) in [5.41, 5.74) is 1.70. The number of piperidine rings is 1. The molecule has 1 aromatic heterocycles. The fraction of sp³-hybridized carbons (Fsp3) is 0.522. The van der Waals surface area contributed by atoms with E-state index >= 15 is 0 Å². The molecule has 0 saturated carbocycles. The van der Waals surface area contributed by atoms with E-state index in [0.717, 1.165) is 64.6 Å². The highest BCUT2D eigenvalue weighted by Crippen LogP contribution is 2.34. The molecule has 1 aromatic carbocycles. The predicted octanol–water partition coefficient (Wildman–Crippen LogP) is 2.57. The number of anilines is 1. The van der Waals surface area contributed by atoms with Gasteiger partial charge in [-0.25, -0.2) is 9.97 Å². The summed E-state index contributed by atoms with van der Waals surface area (Å²) in [6, 6.07) is 12.7. The molecule has 2 aliphatic heterocycles. The summed E-state index contributed by atoms with van der Waals surface area (Å²) in [5.74, 6) is 1.03. The molecular weight excluding hydrogens is 362 g/mol. The van der Waals surface area contributed by atoms with Crippen LogP contribution >= 0.6 is 0 Å². The minimum Gasteiger partial charge on any atom is -0.339 e. The third-order valence-electron chi connectivity index (χ3n) is 6.54. The monoisotopic (exact) mass is 393 g/mol. The molecule has 2 saturated heterocycles. The molecule has 2 aromatic rings. The van der Waals surface area contributed by atoms with Crippen molar-refractivity contribution in [1.29, 1.82) is 0 Å². The Kier molecular flexibility index (Phi) is 6.09. The van der Waals surface area contributed by atoms with Crippen LogP contribution in [-0.4, -0.2) is 71.5 Å². The Labute approximate surface area is 173 Å². The van der Waals surface area contributed by atoms with Gasteiger partial charge < -0.3 is 14.7 Å². The van der Waals surface area contributed by atoms with E-state index in [1.807, 2.05) is 11.0 Å². The van der Waals surface area contributed by atoms with Crippen molar-refractivity contribution in [1.82, 2.24) is 19.8 Å². The van der Waals surface area contributed by atoms with E-state index in [4.69, 9.17) is 0 Å². The van der Waals surface area contributed by atoms with Gasteiger partial charge in [-0.2, -0.15) is 0 Å². The van der Waals surface area contributed by atoms with E-state index < -0.39 is 0 Å². The van der Waals surface area contributed by atoms with Crippen molar-refractivity contribution in [2.75, 3.05) is 50.7 Å². The Morgan fingerprint density at radius 3 is 2.24 bits per heavy atom. The average molecular weight is 394 g/mol. The first-order chi connectivity index (χ1) is 14.1. The van der Waals surface area contributed by atoms with Gasteiger partial charge in [0, 0.05) is 51.5 Å². The second kappa shape index (κ2) is 8.91. The number of carbonyl (C=O) groups excluding carboxylic acids is 1. The highest BCUT2D eigenvalue weighted by Gasteiger charge is 2.32. The molecule has 0 radical (unpaired) electrons. The maximum absolute atomic E-state index is 12.7. The Balaban J connectivity index is 1.20. The zero-order chi connectivity index (χ0) is 20.1. The van der Waals surface area contributed by atoms with E-state index in [2.05, 4.69) is 57.0 Å². The van der Waals surface area contributed by atoms with Crippen LogP contribution in [0.25, 0.3) is 0 Å². The lowest BCUT2D eigenvalue weighted by molar-refractivity contribution is -0.131. The topological polar surface area (TPSA) is 52.6 Å². The SMILES string of the molecule is CC1(c2ccccc2)CCN(CCC(=O)N2CCN(c3ncccn3)CC2)CC1. The Morgan fingerprint density at radius 2 is 1.59 bits per heavy atom. The second-order valence-electron chi connectivity index (χ2n) is 8.43. The molecule has 2 aliphatic rings. The summed E-state index contributed by atoms with van der Waals surface area (Å²) in [6.45, 7) is 8.48. The minimum absolute atomic E-state index is 0.262. The van der Waals surface area contributed by atoms with Gasteiger partial charge >= 0.3 is 0 Å². The number of benzene rings is 1. The van der Waals surface area contributed by atoms with Crippen molar-refractivity contribution in [3.63, 3.8) is 0 Å². The standard InChI is InChI=1S/C23H31N5O/c1-23(20-6-3-2-4-7-20)9-14-26(15-10-23)13-8-21(29)27-16-18-28(19-17-27)22-24-11-5-12-25-22/h2-7,11-12H,8-10,13-19H2,1H3. The number of likely N-dealkylation sites (tertiary alicyclic amines) is 1. The third-order valence-corrected chi connectivity index (χ3v) is 6.54. The summed E-state index contributed by atoms with van der Waals surface area (Å²) < 4.78 is 0. The predicted molar refractivity (Wildman–Crippen MR) is 115 cm³/mol. The molecule has 4 rings (SSSR count). The average Bonchev–Trinajstić information content (AvgIpc) is 2.80. The number of piperazine rings is 1. The first kappa shape index (κ1) is 19.8. The molecule has 0 N–H and O–H groups in total. The molecule has 0 aliphatic carbocycles. The van der Waals surface area contributed by atoms with Crippen molar-refractivity contribution >= 4 is 11.9 Å². The maximum Gasteiger partial charge on any atom is 0.225 e. The Bertz CT molecular complexity index is 781. The number of aromatic nitrogens is 2. The summed E-state index contributed by atoms with van der Waals surface area (Å²) >= 11 is 0. The molecule has 6 nitrogen and oxygen atoms in total.